The van der Waals surface area contributed by atoms with Crippen LogP contribution in [0.5, 0.6) is 0 Å². The maximum absolute atomic E-state index is 5.99. The van der Waals surface area contributed by atoms with E-state index in [1.54, 1.807) is 12.2 Å². The number of hydrogen-bond donors (Lipinski definition) is 0. The number of ether oxygens (including phenoxy) is 2. The van der Waals surface area contributed by atoms with Crippen LogP contribution in [0.25, 0.3) is 0 Å². The summed E-state index contributed by atoms with van der Waals surface area (Å²) in [5.74, 6) is 0. The summed E-state index contributed by atoms with van der Waals surface area (Å²) >= 11 is 0. The summed E-state index contributed by atoms with van der Waals surface area (Å²) in [6.07, 6.45) is 3.52. The van der Waals surface area contributed by atoms with Gasteiger partial charge in [-0.1, -0.05) is 25.3 Å². The molecule has 0 unspecified atom stereocenters. The highest BCUT2D eigenvalue weighted by Gasteiger charge is 2.50. The standard InChI is InChI=1S/C12H20O2/c1-7-12(8-2)11(5,6)14-10(3,4)9-13-12/h7-8H,1-2,9H2,3-6H3. The van der Waals surface area contributed by atoms with Crippen LogP contribution in [0.15, 0.2) is 25.3 Å². The minimum absolute atomic E-state index is 0.251. The molecular formula is C12H20O2. The second-order valence-corrected chi connectivity index (χ2v) is 4.86. The molecule has 0 aliphatic carbocycles. The van der Waals surface area contributed by atoms with Gasteiger partial charge in [0, 0.05) is 0 Å². The lowest BCUT2D eigenvalue weighted by atomic mass is 9.83. The van der Waals surface area contributed by atoms with Gasteiger partial charge >= 0.3 is 0 Å². The van der Waals surface area contributed by atoms with Gasteiger partial charge in [-0.15, -0.1) is 0 Å². The van der Waals surface area contributed by atoms with Crippen LogP contribution in [-0.2, 0) is 9.47 Å². The van der Waals surface area contributed by atoms with Crippen molar-refractivity contribution in [2.45, 2.75) is 44.5 Å². The van der Waals surface area contributed by atoms with Crippen LogP contribution in [0.2, 0.25) is 0 Å². The molecule has 1 heterocycles. The minimum atomic E-state index is -0.581. The van der Waals surface area contributed by atoms with Crippen molar-refractivity contribution < 1.29 is 9.47 Å². The number of hydrogen-bond acceptors (Lipinski definition) is 2. The lowest BCUT2D eigenvalue weighted by Gasteiger charge is -2.51. The second kappa shape index (κ2) is 3.21. The minimum Gasteiger partial charge on any atom is -0.364 e. The zero-order valence-corrected chi connectivity index (χ0v) is 9.59. The third-order valence-corrected chi connectivity index (χ3v) is 2.74. The van der Waals surface area contributed by atoms with Crippen LogP contribution in [0.4, 0.5) is 0 Å². The van der Waals surface area contributed by atoms with E-state index in [2.05, 4.69) is 13.2 Å². The van der Waals surface area contributed by atoms with Gasteiger partial charge in [0.25, 0.3) is 0 Å². The molecule has 1 aliphatic heterocycles. The predicted molar refractivity (Wildman–Crippen MR) is 58.3 cm³/mol. The topological polar surface area (TPSA) is 18.5 Å². The van der Waals surface area contributed by atoms with E-state index in [4.69, 9.17) is 9.47 Å². The quantitative estimate of drug-likeness (QED) is 0.632. The molecule has 0 aromatic rings. The summed E-state index contributed by atoms with van der Waals surface area (Å²) in [6, 6.07) is 0. The van der Waals surface area contributed by atoms with Crippen molar-refractivity contribution in [2.24, 2.45) is 0 Å². The average molecular weight is 196 g/mol. The van der Waals surface area contributed by atoms with Gasteiger partial charge in [0.05, 0.1) is 17.8 Å². The Morgan fingerprint density at radius 3 is 1.93 bits per heavy atom. The summed E-state index contributed by atoms with van der Waals surface area (Å²) in [4.78, 5) is 0. The summed E-state index contributed by atoms with van der Waals surface area (Å²) in [6.45, 7) is 16.2. The van der Waals surface area contributed by atoms with Crippen molar-refractivity contribution in [1.82, 2.24) is 0 Å². The average Bonchev–Trinajstić information content (AvgIpc) is 2.03. The first-order valence-corrected chi connectivity index (χ1v) is 4.90. The number of rotatable bonds is 2. The zero-order valence-electron chi connectivity index (χ0n) is 9.59. The molecule has 0 aromatic heterocycles. The van der Waals surface area contributed by atoms with Crippen LogP contribution in [0.3, 0.4) is 0 Å². The molecule has 2 heteroatoms. The highest BCUT2D eigenvalue weighted by molar-refractivity contribution is 5.20. The van der Waals surface area contributed by atoms with Crippen LogP contribution in [0, 0.1) is 0 Å². The second-order valence-electron chi connectivity index (χ2n) is 4.86. The predicted octanol–water partition coefficient (Wildman–Crippen LogP) is 2.70. The normalized spacial score (nSPS) is 28.0. The maximum atomic E-state index is 5.99. The molecule has 0 aromatic carbocycles. The van der Waals surface area contributed by atoms with Gasteiger partial charge in [-0.2, -0.15) is 0 Å². The van der Waals surface area contributed by atoms with E-state index in [0.717, 1.165) is 0 Å². The Kier molecular flexibility index (Phi) is 2.63. The van der Waals surface area contributed by atoms with E-state index in [-0.39, 0.29) is 5.60 Å². The maximum Gasteiger partial charge on any atom is 0.132 e. The van der Waals surface area contributed by atoms with Gasteiger partial charge in [0.2, 0.25) is 0 Å². The highest BCUT2D eigenvalue weighted by Crippen LogP contribution is 2.40. The van der Waals surface area contributed by atoms with Crippen LogP contribution < -0.4 is 0 Å². The SMILES string of the molecule is C=CC1(C=C)OCC(C)(C)OC1(C)C. The third-order valence-electron chi connectivity index (χ3n) is 2.74. The first-order chi connectivity index (χ1) is 6.29. The molecule has 0 bridgehead atoms. The van der Waals surface area contributed by atoms with Crippen molar-refractivity contribution >= 4 is 0 Å². The van der Waals surface area contributed by atoms with Crippen molar-refractivity contribution in [1.29, 1.82) is 0 Å². The van der Waals surface area contributed by atoms with Gasteiger partial charge in [0.15, 0.2) is 0 Å². The highest BCUT2D eigenvalue weighted by atomic mass is 16.6. The molecule has 0 N–H and O–H groups in total. The molecule has 2 nitrogen and oxygen atoms in total. The van der Waals surface area contributed by atoms with E-state index in [1.165, 1.54) is 0 Å². The smallest absolute Gasteiger partial charge is 0.132 e. The molecule has 0 spiro atoms. The summed E-state index contributed by atoms with van der Waals surface area (Å²) in [7, 11) is 0. The molecule has 0 amide bonds. The van der Waals surface area contributed by atoms with Crippen molar-refractivity contribution in [2.75, 3.05) is 6.61 Å². The van der Waals surface area contributed by atoms with E-state index in [0.29, 0.717) is 6.61 Å². The molecular weight excluding hydrogens is 176 g/mol. The third kappa shape index (κ3) is 1.64. The Balaban J connectivity index is 3.03. The van der Waals surface area contributed by atoms with Gasteiger partial charge in [0.1, 0.15) is 5.60 Å². The fourth-order valence-corrected chi connectivity index (χ4v) is 1.96. The van der Waals surface area contributed by atoms with E-state index in [1.807, 2.05) is 27.7 Å². The molecule has 0 radical (unpaired) electrons. The Hall–Kier alpha value is -0.600. The zero-order chi connectivity index (χ0) is 11.0. The summed E-state index contributed by atoms with van der Waals surface area (Å²) < 4.78 is 11.8. The molecule has 0 atom stereocenters. The van der Waals surface area contributed by atoms with Gasteiger partial charge in [-0.25, -0.2) is 0 Å². The molecule has 1 fully saturated rings. The van der Waals surface area contributed by atoms with Crippen molar-refractivity contribution in [3.63, 3.8) is 0 Å². The lowest BCUT2D eigenvalue weighted by Crippen LogP contribution is -2.61. The molecule has 14 heavy (non-hydrogen) atoms. The van der Waals surface area contributed by atoms with Crippen LogP contribution in [-0.4, -0.2) is 23.4 Å². The molecule has 1 saturated heterocycles. The van der Waals surface area contributed by atoms with Crippen LogP contribution >= 0.6 is 0 Å². The largest absolute Gasteiger partial charge is 0.364 e. The van der Waals surface area contributed by atoms with E-state index >= 15 is 0 Å². The van der Waals surface area contributed by atoms with Crippen molar-refractivity contribution in [3.8, 4) is 0 Å². The van der Waals surface area contributed by atoms with E-state index in [9.17, 15) is 0 Å². The first kappa shape index (κ1) is 11.5. The molecule has 80 valence electrons. The van der Waals surface area contributed by atoms with Gasteiger partial charge < -0.3 is 9.47 Å². The molecule has 0 saturated carbocycles. The van der Waals surface area contributed by atoms with Gasteiger partial charge in [-0.05, 0) is 27.7 Å². The fraction of sp³-hybridized carbons (Fsp3) is 0.667. The van der Waals surface area contributed by atoms with Crippen LogP contribution in [0.1, 0.15) is 27.7 Å². The molecule has 1 rings (SSSR count). The van der Waals surface area contributed by atoms with E-state index < -0.39 is 11.2 Å². The van der Waals surface area contributed by atoms with Crippen molar-refractivity contribution in [3.05, 3.63) is 25.3 Å². The summed E-state index contributed by atoms with van der Waals surface area (Å²) in [5, 5.41) is 0. The first-order valence-electron chi connectivity index (χ1n) is 4.90. The Morgan fingerprint density at radius 2 is 1.57 bits per heavy atom. The van der Waals surface area contributed by atoms with Gasteiger partial charge in [-0.3, -0.25) is 0 Å². The fourth-order valence-electron chi connectivity index (χ4n) is 1.96. The Bertz CT molecular complexity index is 243. The Labute approximate surface area is 86.6 Å². The monoisotopic (exact) mass is 196 g/mol. The molecule has 1 aliphatic rings. The Morgan fingerprint density at radius 1 is 1.07 bits per heavy atom. The summed E-state index contributed by atoms with van der Waals surface area (Å²) in [5.41, 5.74) is -1.26. The lowest BCUT2D eigenvalue weighted by molar-refractivity contribution is -0.272.